The summed E-state index contributed by atoms with van der Waals surface area (Å²) in [5, 5.41) is 2.10. The lowest BCUT2D eigenvalue weighted by molar-refractivity contribution is 0.411. The third-order valence-electron chi connectivity index (χ3n) is 6.13. The SMILES string of the molecule is Cc1cc(C)c(-c2ccc3c(n2)oc2c(-c4cc(CC(C)(C)C)ccn4)cccc23)c(C)c1. The van der Waals surface area contributed by atoms with Crippen LogP contribution in [-0.4, -0.2) is 9.97 Å². The van der Waals surface area contributed by atoms with Gasteiger partial charge in [-0.25, -0.2) is 4.98 Å². The van der Waals surface area contributed by atoms with E-state index in [0.29, 0.717) is 5.71 Å². The number of benzene rings is 2. The second-order valence-corrected chi connectivity index (χ2v) is 10.4. The number of para-hydroxylation sites is 1. The fourth-order valence-electron chi connectivity index (χ4n) is 4.95. The summed E-state index contributed by atoms with van der Waals surface area (Å²) in [7, 11) is 0. The molecular weight excluding hydrogens is 404 g/mol. The van der Waals surface area contributed by atoms with E-state index < -0.39 is 0 Å². The van der Waals surface area contributed by atoms with Crippen LogP contribution in [0.2, 0.25) is 0 Å². The van der Waals surface area contributed by atoms with E-state index in [4.69, 9.17) is 9.40 Å². The number of rotatable bonds is 3. The van der Waals surface area contributed by atoms with Crippen LogP contribution in [0.5, 0.6) is 0 Å². The lowest BCUT2D eigenvalue weighted by atomic mass is 9.88. The second kappa shape index (κ2) is 7.84. The Labute approximate surface area is 195 Å². The van der Waals surface area contributed by atoms with Crippen LogP contribution in [0.15, 0.2) is 65.2 Å². The zero-order valence-electron chi connectivity index (χ0n) is 20.3. The Hall–Kier alpha value is -3.46. The molecule has 0 atom stereocenters. The van der Waals surface area contributed by atoms with Crippen LogP contribution < -0.4 is 0 Å². The highest BCUT2D eigenvalue weighted by molar-refractivity contribution is 6.08. The van der Waals surface area contributed by atoms with Gasteiger partial charge in [-0.05, 0) is 79.6 Å². The average Bonchev–Trinajstić information content (AvgIpc) is 3.10. The Bertz CT molecular complexity index is 1480. The topological polar surface area (TPSA) is 38.9 Å². The molecule has 0 unspecified atom stereocenters. The largest absolute Gasteiger partial charge is 0.437 e. The summed E-state index contributed by atoms with van der Waals surface area (Å²) in [6.07, 6.45) is 2.90. The van der Waals surface area contributed by atoms with Gasteiger partial charge >= 0.3 is 0 Å². The van der Waals surface area contributed by atoms with Crippen LogP contribution in [0.4, 0.5) is 0 Å². The first-order chi connectivity index (χ1) is 15.7. The van der Waals surface area contributed by atoms with Gasteiger partial charge in [-0.1, -0.05) is 50.6 Å². The molecule has 3 aromatic heterocycles. The Morgan fingerprint density at radius 2 is 1.58 bits per heavy atom. The summed E-state index contributed by atoms with van der Waals surface area (Å²) < 4.78 is 6.39. The number of fused-ring (bicyclic) bond motifs is 3. The minimum Gasteiger partial charge on any atom is -0.437 e. The van der Waals surface area contributed by atoms with Crippen molar-refractivity contribution in [3.05, 3.63) is 83.0 Å². The zero-order valence-corrected chi connectivity index (χ0v) is 20.3. The van der Waals surface area contributed by atoms with Gasteiger partial charge in [0, 0.05) is 28.1 Å². The van der Waals surface area contributed by atoms with E-state index in [1.807, 2.05) is 6.20 Å². The van der Waals surface area contributed by atoms with Crippen molar-refractivity contribution in [1.82, 2.24) is 9.97 Å². The molecule has 3 nitrogen and oxygen atoms in total. The lowest BCUT2D eigenvalue weighted by Gasteiger charge is -2.18. The van der Waals surface area contributed by atoms with Gasteiger partial charge in [0.1, 0.15) is 5.58 Å². The van der Waals surface area contributed by atoms with Crippen molar-refractivity contribution >= 4 is 22.1 Å². The molecule has 3 heterocycles. The maximum atomic E-state index is 6.39. The van der Waals surface area contributed by atoms with E-state index in [9.17, 15) is 0 Å². The van der Waals surface area contributed by atoms with E-state index in [1.165, 1.54) is 27.8 Å². The molecule has 0 bridgehead atoms. The number of nitrogens with zero attached hydrogens (tertiary/aromatic N) is 2. The van der Waals surface area contributed by atoms with Crippen LogP contribution in [0.3, 0.4) is 0 Å². The zero-order chi connectivity index (χ0) is 23.3. The van der Waals surface area contributed by atoms with E-state index in [1.54, 1.807) is 0 Å². The van der Waals surface area contributed by atoms with Crippen LogP contribution in [0.1, 0.15) is 43.0 Å². The van der Waals surface area contributed by atoms with E-state index in [-0.39, 0.29) is 5.41 Å². The predicted octanol–water partition coefficient (Wildman–Crippen LogP) is 8.22. The highest BCUT2D eigenvalue weighted by Crippen LogP contribution is 2.37. The van der Waals surface area contributed by atoms with Gasteiger partial charge in [-0.2, -0.15) is 0 Å². The molecule has 33 heavy (non-hydrogen) atoms. The lowest BCUT2D eigenvalue weighted by Crippen LogP contribution is -2.09. The Balaban J connectivity index is 1.66. The minimum atomic E-state index is 0.219. The predicted molar refractivity (Wildman–Crippen MR) is 138 cm³/mol. The molecule has 166 valence electrons. The first-order valence-electron chi connectivity index (χ1n) is 11.6. The smallest absolute Gasteiger partial charge is 0.227 e. The molecule has 0 saturated heterocycles. The van der Waals surface area contributed by atoms with E-state index >= 15 is 0 Å². The van der Waals surface area contributed by atoms with Crippen LogP contribution in [0, 0.1) is 26.2 Å². The average molecular weight is 435 g/mol. The summed E-state index contributed by atoms with van der Waals surface area (Å²) in [4.78, 5) is 9.62. The molecule has 0 aliphatic rings. The minimum absolute atomic E-state index is 0.219. The normalized spacial score (nSPS) is 12.1. The molecule has 2 aromatic carbocycles. The van der Waals surface area contributed by atoms with Gasteiger partial charge in [0.15, 0.2) is 0 Å². The number of hydrogen-bond donors (Lipinski definition) is 0. The monoisotopic (exact) mass is 434 g/mol. The fourth-order valence-corrected chi connectivity index (χ4v) is 4.95. The molecule has 0 aliphatic heterocycles. The van der Waals surface area contributed by atoms with Crippen LogP contribution >= 0.6 is 0 Å². The van der Waals surface area contributed by atoms with Crippen LogP contribution in [-0.2, 0) is 6.42 Å². The molecule has 5 aromatic rings. The molecule has 0 fully saturated rings. The summed E-state index contributed by atoms with van der Waals surface area (Å²) >= 11 is 0. The van der Waals surface area contributed by atoms with Gasteiger partial charge in [0.05, 0.1) is 11.4 Å². The standard InChI is InChI=1S/C30H30N2O/c1-18-14-19(2)27(20(3)15-18)25-11-10-23-22-8-7-9-24(28(22)33-29(23)32-25)26-16-21(12-13-31-26)17-30(4,5)6/h7-16H,17H2,1-6H3. The number of furan rings is 1. The van der Waals surface area contributed by atoms with Crippen molar-refractivity contribution in [2.24, 2.45) is 5.41 Å². The van der Waals surface area contributed by atoms with Crippen molar-refractivity contribution in [3.63, 3.8) is 0 Å². The third-order valence-corrected chi connectivity index (χ3v) is 6.13. The first-order valence-corrected chi connectivity index (χ1v) is 11.6. The quantitative estimate of drug-likeness (QED) is 0.287. The number of aromatic nitrogens is 2. The molecular formula is C30H30N2O. The number of aryl methyl sites for hydroxylation is 3. The Morgan fingerprint density at radius 3 is 2.30 bits per heavy atom. The molecule has 0 aliphatic carbocycles. The van der Waals surface area contributed by atoms with Crippen molar-refractivity contribution in [2.45, 2.75) is 48.0 Å². The second-order valence-electron chi connectivity index (χ2n) is 10.4. The summed E-state index contributed by atoms with van der Waals surface area (Å²) in [6, 6.07) is 19.2. The number of pyridine rings is 2. The first kappa shape index (κ1) is 21.4. The number of hydrogen-bond acceptors (Lipinski definition) is 3. The summed E-state index contributed by atoms with van der Waals surface area (Å²) in [5.41, 5.74) is 10.8. The fraction of sp³-hybridized carbons (Fsp3) is 0.267. The van der Waals surface area contributed by atoms with E-state index in [2.05, 4.69) is 101 Å². The van der Waals surface area contributed by atoms with Gasteiger partial charge in [-0.15, -0.1) is 0 Å². The summed E-state index contributed by atoms with van der Waals surface area (Å²) in [6.45, 7) is 13.2. The molecule has 5 rings (SSSR count). The molecule has 0 amide bonds. The maximum Gasteiger partial charge on any atom is 0.227 e. The van der Waals surface area contributed by atoms with Gasteiger partial charge in [-0.3, -0.25) is 4.98 Å². The van der Waals surface area contributed by atoms with E-state index in [0.717, 1.165) is 39.7 Å². The Kier molecular flexibility index (Phi) is 5.08. The van der Waals surface area contributed by atoms with Crippen LogP contribution in [0.25, 0.3) is 44.6 Å². The highest BCUT2D eigenvalue weighted by Gasteiger charge is 2.17. The summed E-state index contributed by atoms with van der Waals surface area (Å²) in [5.74, 6) is 0. The van der Waals surface area contributed by atoms with Crippen molar-refractivity contribution in [3.8, 4) is 22.5 Å². The van der Waals surface area contributed by atoms with Gasteiger partial charge in [0.2, 0.25) is 5.71 Å². The van der Waals surface area contributed by atoms with Gasteiger partial charge in [0.25, 0.3) is 0 Å². The van der Waals surface area contributed by atoms with Crippen molar-refractivity contribution < 1.29 is 4.42 Å². The van der Waals surface area contributed by atoms with Gasteiger partial charge < -0.3 is 4.42 Å². The molecule has 0 spiro atoms. The maximum absolute atomic E-state index is 6.39. The highest BCUT2D eigenvalue weighted by atomic mass is 16.3. The molecule has 3 heteroatoms. The third kappa shape index (κ3) is 4.04. The van der Waals surface area contributed by atoms with Crippen molar-refractivity contribution in [1.29, 1.82) is 0 Å². The molecule has 0 radical (unpaired) electrons. The Morgan fingerprint density at radius 1 is 0.818 bits per heavy atom. The van der Waals surface area contributed by atoms with Crippen molar-refractivity contribution in [2.75, 3.05) is 0 Å². The molecule has 0 saturated carbocycles. The molecule has 0 N–H and O–H groups in total.